The average molecular weight is 265 g/mol. The Labute approximate surface area is 119 Å². The lowest BCUT2D eigenvalue weighted by atomic mass is 10.1. The monoisotopic (exact) mass is 265 g/mol. The van der Waals surface area contributed by atoms with Crippen LogP contribution in [0.2, 0.25) is 0 Å². The summed E-state index contributed by atoms with van der Waals surface area (Å²) in [5.41, 5.74) is 0. The number of rotatable bonds is 11. The lowest BCUT2D eigenvalue weighted by molar-refractivity contribution is -0.678. The molecule has 0 saturated heterocycles. The third-order valence-electron chi connectivity index (χ3n) is 3.94. The molecule has 2 nitrogen and oxygen atoms in total. The van der Waals surface area contributed by atoms with Gasteiger partial charge in [0, 0.05) is 6.42 Å². The van der Waals surface area contributed by atoms with Gasteiger partial charge in [0.25, 0.3) is 5.82 Å². The molecule has 0 N–H and O–H groups in total. The van der Waals surface area contributed by atoms with Crippen LogP contribution >= 0.6 is 0 Å². The van der Waals surface area contributed by atoms with E-state index in [2.05, 4.69) is 42.4 Å². The van der Waals surface area contributed by atoms with Crippen molar-refractivity contribution in [3.63, 3.8) is 0 Å². The lowest BCUT2D eigenvalue weighted by Crippen LogP contribution is -2.32. The fourth-order valence-electron chi connectivity index (χ4n) is 2.72. The van der Waals surface area contributed by atoms with E-state index < -0.39 is 0 Å². The fraction of sp³-hybridized carbons (Fsp3) is 0.824. The molecule has 1 rings (SSSR count). The number of hydrogen-bond acceptors (Lipinski definition) is 0. The molecule has 0 aromatic carbocycles. The van der Waals surface area contributed by atoms with E-state index in [1.54, 1.807) is 0 Å². The van der Waals surface area contributed by atoms with Crippen LogP contribution in [-0.2, 0) is 20.0 Å². The van der Waals surface area contributed by atoms with Crippen molar-refractivity contribution in [2.24, 2.45) is 7.05 Å². The number of imidazole rings is 1. The van der Waals surface area contributed by atoms with E-state index in [-0.39, 0.29) is 0 Å². The van der Waals surface area contributed by atoms with E-state index in [0.29, 0.717) is 0 Å². The summed E-state index contributed by atoms with van der Waals surface area (Å²) < 4.78 is 4.72. The van der Waals surface area contributed by atoms with Gasteiger partial charge in [-0.05, 0) is 19.3 Å². The zero-order chi connectivity index (χ0) is 13.9. The maximum absolute atomic E-state index is 2.45. The van der Waals surface area contributed by atoms with Gasteiger partial charge in [-0.1, -0.05) is 52.4 Å². The van der Waals surface area contributed by atoms with Crippen LogP contribution in [0.4, 0.5) is 0 Å². The second kappa shape index (κ2) is 10.1. The van der Waals surface area contributed by atoms with Crippen molar-refractivity contribution in [1.29, 1.82) is 0 Å². The summed E-state index contributed by atoms with van der Waals surface area (Å²) in [6.07, 6.45) is 18.1. The predicted molar refractivity (Wildman–Crippen MR) is 82.2 cm³/mol. The van der Waals surface area contributed by atoms with Crippen molar-refractivity contribution < 1.29 is 4.57 Å². The molecule has 110 valence electrons. The van der Waals surface area contributed by atoms with Crippen LogP contribution in [0.3, 0.4) is 0 Å². The van der Waals surface area contributed by atoms with Crippen molar-refractivity contribution in [1.82, 2.24) is 4.57 Å². The van der Waals surface area contributed by atoms with Gasteiger partial charge in [0.15, 0.2) is 0 Å². The number of aromatic nitrogens is 2. The van der Waals surface area contributed by atoms with E-state index in [9.17, 15) is 0 Å². The van der Waals surface area contributed by atoms with Gasteiger partial charge in [0.2, 0.25) is 0 Å². The zero-order valence-corrected chi connectivity index (χ0v) is 13.3. The first kappa shape index (κ1) is 16.3. The predicted octanol–water partition coefficient (Wildman–Crippen LogP) is 4.41. The van der Waals surface area contributed by atoms with Crippen LogP contribution in [0.15, 0.2) is 12.4 Å². The smallest absolute Gasteiger partial charge is 0.237 e. The first-order chi connectivity index (χ1) is 9.29. The molecule has 0 atom stereocenters. The first-order valence-corrected chi connectivity index (χ1v) is 8.33. The molecule has 1 aromatic rings. The third kappa shape index (κ3) is 6.26. The summed E-state index contributed by atoms with van der Waals surface area (Å²) >= 11 is 0. The second-order valence-corrected chi connectivity index (χ2v) is 5.74. The van der Waals surface area contributed by atoms with Gasteiger partial charge in [-0.3, -0.25) is 0 Å². The molecule has 0 radical (unpaired) electrons. The molecular weight excluding hydrogens is 232 g/mol. The van der Waals surface area contributed by atoms with Crippen LogP contribution in [-0.4, -0.2) is 4.57 Å². The molecule has 0 aliphatic rings. The number of aryl methyl sites for hydroxylation is 2. The number of nitrogens with zero attached hydrogens (tertiary/aromatic N) is 2. The summed E-state index contributed by atoms with van der Waals surface area (Å²) in [4.78, 5) is 0. The minimum Gasteiger partial charge on any atom is -0.237 e. The quantitative estimate of drug-likeness (QED) is 0.414. The van der Waals surface area contributed by atoms with E-state index in [1.165, 1.54) is 76.6 Å². The molecule has 0 unspecified atom stereocenters. The van der Waals surface area contributed by atoms with Crippen molar-refractivity contribution in [3.8, 4) is 0 Å². The number of unbranched alkanes of at least 4 members (excludes halogenated alkanes) is 7. The van der Waals surface area contributed by atoms with Gasteiger partial charge in [-0.15, -0.1) is 0 Å². The van der Waals surface area contributed by atoms with Gasteiger partial charge in [-0.25, -0.2) is 9.13 Å². The summed E-state index contributed by atoms with van der Waals surface area (Å²) in [6, 6.07) is 0. The highest BCUT2D eigenvalue weighted by Gasteiger charge is 2.12. The highest BCUT2D eigenvalue weighted by Crippen LogP contribution is 2.09. The van der Waals surface area contributed by atoms with Crippen molar-refractivity contribution in [2.45, 2.75) is 84.6 Å². The Bertz CT molecular complexity index is 328. The standard InChI is InChI=1S/C17H33N2/c1-4-6-7-8-9-10-11-12-14-19-16-15-18(3)17(19)13-5-2/h15-16H,4-14H2,1-3H3/q+1. The molecule has 19 heavy (non-hydrogen) atoms. The van der Waals surface area contributed by atoms with E-state index in [4.69, 9.17) is 0 Å². The molecule has 0 aliphatic carbocycles. The van der Waals surface area contributed by atoms with Crippen LogP contribution in [0.1, 0.15) is 77.5 Å². The second-order valence-electron chi connectivity index (χ2n) is 5.74. The minimum absolute atomic E-state index is 1.19. The highest BCUT2D eigenvalue weighted by molar-refractivity contribution is 4.83. The van der Waals surface area contributed by atoms with Crippen LogP contribution in [0.5, 0.6) is 0 Å². The maximum atomic E-state index is 2.45. The summed E-state index contributed by atoms with van der Waals surface area (Å²) in [7, 11) is 2.16. The Morgan fingerprint density at radius 2 is 1.53 bits per heavy atom. The van der Waals surface area contributed by atoms with Crippen LogP contribution in [0.25, 0.3) is 0 Å². The number of hydrogen-bond donors (Lipinski definition) is 0. The zero-order valence-electron chi connectivity index (χ0n) is 13.3. The Kier molecular flexibility index (Phi) is 8.61. The van der Waals surface area contributed by atoms with Crippen LogP contribution < -0.4 is 4.57 Å². The molecule has 0 saturated carbocycles. The molecule has 0 fully saturated rings. The van der Waals surface area contributed by atoms with E-state index >= 15 is 0 Å². The maximum Gasteiger partial charge on any atom is 0.256 e. The van der Waals surface area contributed by atoms with Gasteiger partial charge in [0.05, 0.1) is 13.6 Å². The molecule has 0 aliphatic heterocycles. The third-order valence-corrected chi connectivity index (χ3v) is 3.94. The van der Waals surface area contributed by atoms with Gasteiger partial charge in [0.1, 0.15) is 12.4 Å². The van der Waals surface area contributed by atoms with Crippen LogP contribution in [0, 0.1) is 0 Å². The summed E-state index contributed by atoms with van der Waals surface area (Å²) in [5, 5.41) is 0. The SMILES string of the molecule is CCCCCCCCCCn1cc[n+](C)c1CCC. The highest BCUT2D eigenvalue weighted by atomic mass is 15.1. The Balaban J connectivity index is 2.12. The molecule has 2 heteroatoms. The normalized spacial score (nSPS) is 11.1. The summed E-state index contributed by atoms with van der Waals surface area (Å²) in [6.45, 7) is 5.74. The summed E-state index contributed by atoms with van der Waals surface area (Å²) in [5.74, 6) is 1.48. The minimum atomic E-state index is 1.19. The van der Waals surface area contributed by atoms with E-state index in [0.717, 1.165) is 0 Å². The molecule has 0 spiro atoms. The average Bonchev–Trinajstić information content (AvgIpc) is 2.75. The molecule has 1 heterocycles. The largest absolute Gasteiger partial charge is 0.256 e. The topological polar surface area (TPSA) is 8.81 Å². The van der Waals surface area contributed by atoms with Crippen molar-refractivity contribution in [3.05, 3.63) is 18.2 Å². The van der Waals surface area contributed by atoms with Crippen molar-refractivity contribution in [2.75, 3.05) is 0 Å². The van der Waals surface area contributed by atoms with Gasteiger partial charge in [-0.2, -0.15) is 0 Å². The van der Waals surface area contributed by atoms with E-state index in [1.807, 2.05) is 0 Å². The van der Waals surface area contributed by atoms with Gasteiger partial charge >= 0.3 is 0 Å². The molecular formula is C17H33N2+. The first-order valence-electron chi connectivity index (χ1n) is 8.33. The molecule has 0 bridgehead atoms. The molecule has 0 amide bonds. The fourth-order valence-corrected chi connectivity index (χ4v) is 2.72. The van der Waals surface area contributed by atoms with Crippen molar-refractivity contribution >= 4 is 0 Å². The molecule has 1 aromatic heterocycles. The Morgan fingerprint density at radius 3 is 2.16 bits per heavy atom. The Hall–Kier alpha value is -0.790. The van der Waals surface area contributed by atoms with Gasteiger partial charge < -0.3 is 0 Å². The lowest BCUT2D eigenvalue weighted by Gasteiger charge is -2.03. The Morgan fingerprint density at radius 1 is 0.895 bits per heavy atom.